The molecule has 0 aromatic heterocycles. The van der Waals surface area contributed by atoms with Gasteiger partial charge in [-0.1, -0.05) is 39.7 Å². The number of para-hydroxylation sites is 2. The van der Waals surface area contributed by atoms with E-state index >= 15 is 0 Å². The van der Waals surface area contributed by atoms with Gasteiger partial charge in [0.15, 0.2) is 0 Å². The molecule has 5 heteroatoms. The predicted octanol–water partition coefficient (Wildman–Crippen LogP) is 4.06. The van der Waals surface area contributed by atoms with E-state index in [9.17, 15) is 9.90 Å². The molecule has 0 radical (unpaired) electrons. The number of phenolic OH excluding ortho intramolecular Hbond substituents is 1. The van der Waals surface area contributed by atoms with Crippen molar-refractivity contribution < 1.29 is 9.90 Å². The van der Waals surface area contributed by atoms with Crippen LogP contribution in [0, 0.1) is 0 Å². The molecule has 0 fully saturated rings. The van der Waals surface area contributed by atoms with Crippen LogP contribution in [-0.2, 0) is 0 Å². The van der Waals surface area contributed by atoms with Gasteiger partial charge in [0.2, 0.25) is 0 Å². The Kier molecular flexibility index (Phi) is 3.89. The molecule has 0 saturated heterocycles. The number of benzene rings is 2. The Labute approximate surface area is 118 Å². The van der Waals surface area contributed by atoms with Crippen molar-refractivity contribution in [3.05, 3.63) is 57.5 Å². The number of halogens is 2. The molecule has 0 heterocycles. The highest BCUT2D eigenvalue weighted by Crippen LogP contribution is 2.25. The lowest BCUT2D eigenvalue weighted by Gasteiger charge is -2.08. The van der Waals surface area contributed by atoms with Crippen molar-refractivity contribution in [1.29, 1.82) is 0 Å². The van der Waals surface area contributed by atoms with E-state index in [4.69, 9.17) is 11.6 Å². The van der Waals surface area contributed by atoms with Crippen LogP contribution in [0.1, 0.15) is 10.4 Å². The van der Waals surface area contributed by atoms with Crippen LogP contribution in [0.4, 0.5) is 5.69 Å². The third kappa shape index (κ3) is 2.83. The summed E-state index contributed by atoms with van der Waals surface area (Å²) in [6, 6.07) is 11.5. The van der Waals surface area contributed by atoms with Crippen molar-refractivity contribution in [2.75, 3.05) is 5.32 Å². The minimum Gasteiger partial charge on any atom is -0.506 e. The fourth-order valence-electron chi connectivity index (χ4n) is 1.44. The monoisotopic (exact) mass is 325 g/mol. The third-order valence-corrected chi connectivity index (χ3v) is 3.15. The van der Waals surface area contributed by atoms with E-state index in [1.807, 2.05) is 0 Å². The van der Waals surface area contributed by atoms with Crippen molar-refractivity contribution in [3.63, 3.8) is 0 Å². The number of carbonyl (C=O) groups is 1. The first-order valence-corrected chi connectivity index (χ1v) is 6.29. The molecule has 2 N–H and O–H groups in total. The minimum atomic E-state index is -0.372. The second-order valence-electron chi connectivity index (χ2n) is 3.60. The van der Waals surface area contributed by atoms with Gasteiger partial charge in [-0.2, -0.15) is 0 Å². The highest BCUT2D eigenvalue weighted by Gasteiger charge is 2.12. The van der Waals surface area contributed by atoms with Gasteiger partial charge in [-0.05, 0) is 30.3 Å². The van der Waals surface area contributed by atoms with Crippen molar-refractivity contribution in [2.45, 2.75) is 0 Å². The molecule has 18 heavy (non-hydrogen) atoms. The molecule has 1 amide bonds. The van der Waals surface area contributed by atoms with Crippen LogP contribution >= 0.6 is 27.5 Å². The molecule has 3 nitrogen and oxygen atoms in total. The molecule has 0 bridgehead atoms. The number of hydrogen-bond acceptors (Lipinski definition) is 2. The maximum Gasteiger partial charge on any atom is 0.257 e. The fourth-order valence-corrected chi connectivity index (χ4v) is 2.00. The fraction of sp³-hybridized carbons (Fsp3) is 0. The molecule has 2 rings (SSSR count). The van der Waals surface area contributed by atoms with Gasteiger partial charge in [0, 0.05) is 4.47 Å². The standard InChI is InChI=1S/C13H9BrClNO2/c14-8-5-6-10(15)9(7-8)13(18)16-11-3-1-2-4-12(11)17/h1-7,17H,(H,16,18). The lowest BCUT2D eigenvalue weighted by Crippen LogP contribution is -2.12. The molecule has 92 valence electrons. The molecule has 0 saturated carbocycles. The lowest BCUT2D eigenvalue weighted by molar-refractivity contribution is 0.102. The van der Waals surface area contributed by atoms with Crippen molar-refractivity contribution in [3.8, 4) is 5.75 Å². The molecular formula is C13H9BrClNO2. The van der Waals surface area contributed by atoms with E-state index in [1.165, 1.54) is 6.07 Å². The van der Waals surface area contributed by atoms with Gasteiger partial charge in [-0.25, -0.2) is 0 Å². The smallest absolute Gasteiger partial charge is 0.257 e. The summed E-state index contributed by atoms with van der Waals surface area (Å²) < 4.78 is 0.759. The topological polar surface area (TPSA) is 49.3 Å². The van der Waals surface area contributed by atoms with E-state index < -0.39 is 0 Å². The SMILES string of the molecule is O=C(Nc1ccccc1O)c1cc(Br)ccc1Cl. The highest BCUT2D eigenvalue weighted by atomic mass is 79.9. The van der Waals surface area contributed by atoms with E-state index in [1.54, 1.807) is 36.4 Å². The van der Waals surface area contributed by atoms with Gasteiger partial charge in [0.05, 0.1) is 16.3 Å². The maximum absolute atomic E-state index is 12.0. The molecule has 0 aliphatic carbocycles. The second kappa shape index (κ2) is 5.42. The van der Waals surface area contributed by atoms with Crippen LogP contribution in [0.25, 0.3) is 0 Å². The van der Waals surface area contributed by atoms with Crippen molar-refractivity contribution in [1.82, 2.24) is 0 Å². The Morgan fingerprint density at radius 3 is 2.67 bits per heavy atom. The van der Waals surface area contributed by atoms with Crippen LogP contribution in [-0.4, -0.2) is 11.0 Å². The third-order valence-electron chi connectivity index (χ3n) is 2.33. The lowest BCUT2D eigenvalue weighted by atomic mass is 10.2. The van der Waals surface area contributed by atoms with Crippen LogP contribution < -0.4 is 5.32 Å². The molecule has 2 aromatic rings. The van der Waals surface area contributed by atoms with Crippen LogP contribution in [0.5, 0.6) is 5.75 Å². The largest absolute Gasteiger partial charge is 0.506 e. The number of nitrogens with one attached hydrogen (secondary N) is 1. The maximum atomic E-state index is 12.0. The van der Waals surface area contributed by atoms with Crippen molar-refractivity contribution >= 4 is 39.1 Å². The first-order valence-electron chi connectivity index (χ1n) is 5.12. The number of hydrogen-bond donors (Lipinski definition) is 2. The molecular weight excluding hydrogens is 318 g/mol. The van der Waals surface area contributed by atoms with Crippen molar-refractivity contribution in [2.24, 2.45) is 0 Å². The Morgan fingerprint density at radius 2 is 1.94 bits per heavy atom. The predicted molar refractivity (Wildman–Crippen MR) is 75.2 cm³/mol. The molecule has 2 aromatic carbocycles. The number of carbonyl (C=O) groups excluding carboxylic acids is 1. The summed E-state index contributed by atoms with van der Waals surface area (Å²) in [5.74, 6) is -0.361. The average molecular weight is 327 g/mol. The summed E-state index contributed by atoms with van der Waals surface area (Å²) >= 11 is 9.23. The Hall–Kier alpha value is -1.52. The molecule has 0 spiro atoms. The molecule has 0 atom stereocenters. The number of rotatable bonds is 2. The van der Waals surface area contributed by atoms with Gasteiger partial charge >= 0.3 is 0 Å². The number of phenols is 1. The van der Waals surface area contributed by atoms with E-state index in [0.29, 0.717) is 16.3 Å². The van der Waals surface area contributed by atoms with E-state index in [2.05, 4.69) is 21.2 Å². The van der Waals surface area contributed by atoms with Gasteiger partial charge in [-0.15, -0.1) is 0 Å². The quantitative estimate of drug-likeness (QED) is 0.818. The Balaban J connectivity index is 2.28. The van der Waals surface area contributed by atoms with Crippen LogP contribution in [0.15, 0.2) is 46.9 Å². The molecule has 0 unspecified atom stereocenters. The Morgan fingerprint density at radius 1 is 1.22 bits per heavy atom. The zero-order valence-corrected chi connectivity index (χ0v) is 11.5. The summed E-state index contributed by atoms with van der Waals surface area (Å²) in [6.07, 6.45) is 0. The highest BCUT2D eigenvalue weighted by molar-refractivity contribution is 9.10. The number of anilines is 1. The number of amides is 1. The molecule has 0 aliphatic heterocycles. The summed E-state index contributed by atoms with van der Waals surface area (Å²) in [5.41, 5.74) is 0.688. The second-order valence-corrected chi connectivity index (χ2v) is 4.92. The normalized spacial score (nSPS) is 10.1. The van der Waals surface area contributed by atoms with Gasteiger partial charge in [0.25, 0.3) is 5.91 Å². The van der Waals surface area contributed by atoms with Gasteiger partial charge < -0.3 is 10.4 Å². The molecule has 0 aliphatic rings. The van der Waals surface area contributed by atoms with Crippen LogP contribution in [0.3, 0.4) is 0 Å². The first-order chi connectivity index (χ1) is 8.58. The zero-order valence-electron chi connectivity index (χ0n) is 9.15. The number of aromatic hydroxyl groups is 1. The Bertz CT molecular complexity index is 601. The zero-order chi connectivity index (χ0) is 13.1. The van der Waals surface area contributed by atoms with Gasteiger partial charge in [0.1, 0.15) is 5.75 Å². The minimum absolute atomic E-state index is 0.0111. The first kappa shape index (κ1) is 12.9. The van der Waals surface area contributed by atoms with E-state index in [0.717, 1.165) is 4.47 Å². The summed E-state index contributed by atoms with van der Waals surface area (Å²) in [5, 5.41) is 12.5. The van der Waals surface area contributed by atoms with Gasteiger partial charge in [-0.3, -0.25) is 4.79 Å². The summed E-state index contributed by atoms with van der Waals surface area (Å²) in [7, 11) is 0. The average Bonchev–Trinajstić information content (AvgIpc) is 2.35. The summed E-state index contributed by atoms with van der Waals surface area (Å²) in [4.78, 5) is 12.0. The van der Waals surface area contributed by atoms with Crippen LogP contribution in [0.2, 0.25) is 5.02 Å². The summed E-state index contributed by atoms with van der Waals surface area (Å²) in [6.45, 7) is 0. The van der Waals surface area contributed by atoms with E-state index in [-0.39, 0.29) is 11.7 Å².